The Bertz CT molecular complexity index is 604. The molecule has 0 bridgehead atoms. The summed E-state index contributed by atoms with van der Waals surface area (Å²) in [6.07, 6.45) is 7.14. The second-order valence-electron chi connectivity index (χ2n) is 5.87. The normalized spacial score (nSPS) is 17.8. The molecule has 0 amide bonds. The van der Waals surface area contributed by atoms with Crippen molar-refractivity contribution >= 4 is 16.6 Å². The van der Waals surface area contributed by atoms with Crippen LogP contribution in [0, 0.1) is 0 Å². The lowest BCUT2D eigenvalue weighted by atomic mass is 9.95. The van der Waals surface area contributed by atoms with Gasteiger partial charge in [-0.1, -0.05) is 38.5 Å². The minimum atomic E-state index is 0.606. The topological polar surface area (TPSA) is 24.9 Å². The molecule has 2 heteroatoms. The molecular formula is C18H24N2. The number of aryl methyl sites for hydroxylation is 2. The molecule has 2 aromatic rings. The van der Waals surface area contributed by atoms with Crippen molar-refractivity contribution in [3.05, 3.63) is 35.5 Å². The highest BCUT2D eigenvalue weighted by Gasteiger charge is 2.19. The second kappa shape index (κ2) is 5.82. The predicted molar refractivity (Wildman–Crippen MR) is 86.4 cm³/mol. The maximum absolute atomic E-state index is 4.93. The Balaban J connectivity index is 2.03. The largest absolute Gasteiger partial charge is 0.380 e. The van der Waals surface area contributed by atoms with E-state index in [4.69, 9.17) is 4.98 Å². The van der Waals surface area contributed by atoms with Gasteiger partial charge >= 0.3 is 0 Å². The van der Waals surface area contributed by atoms with Crippen LogP contribution in [0.5, 0.6) is 0 Å². The average Bonchev–Trinajstić information content (AvgIpc) is 2.52. The van der Waals surface area contributed by atoms with Crippen molar-refractivity contribution in [3.8, 4) is 0 Å². The number of hydrogen-bond acceptors (Lipinski definition) is 2. The Morgan fingerprint density at radius 3 is 2.85 bits per heavy atom. The smallest absolute Gasteiger partial charge is 0.0939 e. The van der Waals surface area contributed by atoms with Crippen molar-refractivity contribution in [3.63, 3.8) is 0 Å². The van der Waals surface area contributed by atoms with Gasteiger partial charge in [-0.25, -0.2) is 0 Å². The van der Waals surface area contributed by atoms with Crippen molar-refractivity contribution < 1.29 is 0 Å². The summed E-state index contributed by atoms with van der Waals surface area (Å²) in [5.74, 6) is 0. The van der Waals surface area contributed by atoms with E-state index in [1.54, 1.807) is 0 Å². The molecule has 1 aromatic carbocycles. The van der Waals surface area contributed by atoms with Gasteiger partial charge in [-0.15, -0.1) is 0 Å². The summed E-state index contributed by atoms with van der Waals surface area (Å²) < 4.78 is 0. The number of aromatic nitrogens is 1. The lowest BCUT2D eigenvalue weighted by molar-refractivity contribution is 0.615. The van der Waals surface area contributed by atoms with Gasteiger partial charge in [-0.2, -0.15) is 0 Å². The van der Waals surface area contributed by atoms with Gasteiger partial charge in [-0.3, -0.25) is 4.98 Å². The van der Waals surface area contributed by atoms with Crippen LogP contribution in [0.25, 0.3) is 10.9 Å². The zero-order chi connectivity index (χ0) is 13.9. The highest BCUT2D eigenvalue weighted by Crippen LogP contribution is 2.32. The van der Waals surface area contributed by atoms with Gasteiger partial charge < -0.3 is 5.32 Å². The van der Waals surface area contributed by atoms with Gasteiger partial charge in [0.1, 0.15) is 0 Å². The standard InChI is InChI=1S/C18H24N2/c1-3-5-6-16-12-10-14-8-7-13-9-11-15(4-2)19-17(13)18(14)20-16/h7-8,10,12,15,19H,3-6,9,11H2,1-2H3. The van der Waals surface area contributed by atoms with Gasteiger partial charge in [-0.05, 0) is 43.7 Å². The number of hydrogen-bond donors (Lipinski definition) is 1. The first-order chi connectivity index (χ1) is 9.81. The van der Waals surface area contributed by atoms with Crippen LogP contribution >= 0.6 is 0 Å². The van der Waals surface area contributed by atoms with E-state index in [1.165, 1.54) is 60.0 Å². The van der Waals surface area contributed by atoms with Crippen molar-refractivity contribution in [1.29, 1.82) is 0 Å². The first-order valence-corrected chi connectivity index (χ1v) is 8.00. The third kappa shape index (κ3) is 2.52. The molecular weight excluding hydrogens is 244 g/mol. The van der Waals surface area contributed by atoms with E-state index in [-0.39, 0.29) is 0 Å². The number of nitrogens with zero attached hydrogens (tertiary/aromatic N) is 1. The van der Waals surface area contributed by atoms with Crippen LogP contribution in [-0.4, -0.2) is 11.0 Å². The molecule has 0 spiro atoms. The molecule has 2 nitrogen and oxygen atoms in total. The fourth-order valence-corrected chi connectivity index (χ4v) is 3.05. The molecule has 0 saturated heterocycles. The molecule has 3 rings (SSSR count). The number of pyridine rings is 1. The molecule has 2 heterocycles. The zero-order valence-corrected chi connectivity index (χ0v) is 12.6. The van der Waals surface area contributed by atoms with Gasteiger partial charge in [0.05, 0.1) is 11.2 Å². The summed E-state index contributed by atoms with van der Waals surface area (Å²) in [6.45, 7) is 4.49. The first-order valence-electron chi connectivity index (χ1n) is 8.00. The molecule has 1 atom stereocenters. The maximum Gasteiger partial charge on any atom is 0.0939 e. The minimum absolute atomic E-state index is 0.606. The van der Waals surface area contributed by atoms with Crippen LogP contribution in [0.15, 0.2) is 24.3 Å². The van der Waals surface area contributed by atoms with Gasteiger partial charge in [0, 0.05) is 17.1 Å². The van der Waals surface area contributed by atoms with Gasteiger partial charge in [0.2, 0.25) is 0 Å². The first kappa shape index (κ1) is 13.4. The Kier molecular flexibility index (Phi) is 3.90. The van der Waals surface area contributed by atoms with Gasteiger partial charge in [0.25, 0.3) is 0 Å². The van der Waals surface area contributed by atoms with E-state index >= 15 is 0 Å². The molecule has 0 radical (unpaired) electrons. The number of rotatable bonds is 4. The third-order valence-electron chi connectivity index (χ3n) is 4.40. The summed E-state index contributed by atoms with van der Waals surface area (Å²) in [7, 11) is 0. The summed E-state index contributed by atoms with van der Waals surface area (Å²) >= 11 is 0. The summed E-state index contributed by atoms with van der Waals surface area (Å²) in [4.78, 5) is 4.93. The van der Waals surface area contributed by atoms with Crippen molar-refractivity contribution in [1.82, 2.24) is 4.98 Å². The van der Waals surface area contributed by atoms with Crippen LogP contribution in [-0.2, 0) is 12.8 Å². The van der Waals surface area contributed by atoms with E-state index < -0.39 is 0 Å². The lowest BCUT2D eigenvalue weighted by Crippen LogP contribution is -2.24. The Hall–Kier alpha value is -1.57. The van der Waals surface area contributed by atoms with Crippen LogP contribution in [0.2, 0.25) is 0 Å². The Labute approximate surface area is 121 Å². The molecule has 1 aliphatic heterocycles. The van der Waals surface area contributed by atoms with E-state index in [0.29, 0.717) is 6.04 Å². The minimum Gasteiger partial charge on any atom is -0.380 e. The van der Waals surface area contributed by atoms with E-state index in [9.17, 15) is 0 Å². The third-order valence-corrected chi connectivity index (χ3v) is 4.40. The number of unbranched alkanes of at least 4 members (excludes halogenated alkanes) is 1. The van der Waals surface area contributed by atoms with Crippen LogP contribution in [0.3, 0.4) is 0 Å². The Morgan fingerprint density at radius 2 is 2.05 bits per heavy atom. The SMILES string of the molecule is CCCCc1ccc2ccc3c(c2n1)NC(CC)CC3. The molecule has 1 unspecified atom stereocenters. The molecule has 106 valence electrons. The Morgan fingerprint density at radius 1 is 1.20 bits per heavy atom. The molecule has 0 aliphatic carbocycles. The summed E-state index contributed by atoms with van der Waals surface area (Å²) in [5.41, 5.74) is 5.13. The fraction of sp³-hybridized carbons (Fsp3) is 0.500. The molecule has 0 saturated carbocycles. The summed E-state index contributed by atoms with van der Waals surface area (Å²) in [6, 6.07) is 9.51. The molecule has 1 aromatic heterocycles. The van der Waals surface area contributed by atoms with E-state index in [1.807, 2.05) is 0 Å². The average molecular weight is 268 g/mol. The fourth-order valence-electron chi connectivity index (χ4n) is 3.05. The van der Waals surface area contributed by atoms with Crippen LogP contribution in [0.1, 0.15) is 50.8 Å². The van der Waals surface area contributed by atoms with Crippen LogP contribution < -0.4 is 5.32 Å². The van der Waals surface area contributed by atoms with Crippen LogP contribution in [0.4, 0.5) is 5.69 Å². The highest BCUT2D eigenvalue weighted by molar-refractivity contribution is 5.92. The quantitative estimate of drug-likeness (QED) is 0.868. The lowest BCUT2D eigenvalue weighted by Gasteiger charge is -2.27. The van der Waals surface area contributed by atoms with Gasteiger partial charge in [0.15, 0.2) is 0 Å². The van der Waals surface area contributed by atoms with Crippen molar-refractivity contribution in [2.24, 2.45) is 0 Å². The second-order valence-corrected chi connectivity index (χ2v) is 5.87. The number of nitrogens with one attached hydrogen (secondary N) is 1. The molecule has 1 aliphatic rings. The van der Waals surface area contributed by atoms with Crippen molar-refractivity contribution in [2.75, 3.05) is 5.32 Å². The van der Waals surface area contributed by atoms with Crippen molar-refractivity contribution in [2.45, 2.75) is 58.4 Å². The summed E-state index contributed by atoms with van der Waals surface area (Å²) in [5, 5.41) is 4.97. The molecule has 1 N–H and O–H groups in total. The molecule has 20 heavy (non-hydrogen) atoms. The highest BCUT2D eigenvalue weighted by atomic mass is 14.9. The number of benzene rings is 1. The van der Waals surface area contributed by atoms with E-state index in [2.05, 4.69) is 43.4 Å². The van der Waals surface area contributed by atoms with E-state index in [0.717, 1.165) is 6.42 Å². The maximum atomic E-state index is 4.93. The predicted octanol–water partition coefficient (Wildman–Crippen LogP) is 4.71. The molecule has 0 fully saturated rings. The number of fused-ring (bicyclic) bond motifs is 3. The number of anilines is 1. The zero-order valence-electron chi connectivity index (χ0n) is 12.6. The monoisotopic (exact) mass is 268 g/mol.